The van der Waals surface area contributed by atoms with Crippen LogP contribution in [0.4, 0.5) is 0 Å². The molecule has 7 heteroatoms. The van der Waals surface area contributed by atoms with E-state index in [1.807, 2.05) is 28.6 Å². The third-order valence-corrected chi connectivity index (χ3v) is 6.92. The van der Waals surface area contributed by atoms with Crippen LogP contribution in [0.5, 0.6) is 0 Å². The summed E-state index contributed by atoms with van der Waals surface area (Å²) < 4.78 is 5.44. The van der Waals surface area contributed by atoms with Gasteiger partial charge in [0.25, 0.3) is 0 Å². The lowest BCUT2D eigenvalue weighted by Gasteiger charge is -2.42. The molecule has 2 heterocycles. The fourth-order valence-corrected chi connectivity index (χ4v) is 5.28. The smallest absolute Gasteiger partial charge is 0.247 e. The number of benzene rings is 1. The lowest BCUT2D eigenvalue weighted by Crippen LogP contribution is -2.52. The molecule has 7 nitrogen and oxygen atoms in total. The van der Waals surface area contributed by atoms with Crippen LogP contribution in [-0.2, 0) is 14.3 Å². The number of rotatable bonds is 4. The predicted molar refractivity (Wildman–Crippen MR) is 107 cm³/mol. The molecule has 1 aromatic rings. The molecule has 29 heavy (non-hydrogen) atoms. The first-order chi connectivity index (χ1) is 14.2. The first-order valence-electron chi connectivity index (χ1n) is 10.8. The van der Waals surface area contributed by atoms with E-state index in [0.29, 0.717) is 38.5 Å². The van der Waals surface area contributed by atoms with Crippen LogP contribution >= 0.6 is 0 Å². The maximum absolute atomic E-state index is 13.3. The second-order valence-electron chi connectivity index (χ2n) is 8.48. The first kappa shape index (κ1) is 20.3. The van der Waals surface area contributed by atoms with Gasteiger partial charge in [-0.15, -0.1) is 0 Å². The van der Waals surface area contributed by atoms with Gasteiger partial charge in [-0.2, -0.15) is 0 Å². The maximum Gasteiger partial charge on any atom is 0.247 e. The van der Waals surface area contributed by atoms with Crippen molar-refractivity contribution in [1.29, 1.82) is 0 Å². The highest BCUT2D eigenvalue weighted by Crippen LogP contribution is 2.36. The van der Waals surface area contributed by atoms with Gasteiger partial charge >= 0.3 is 0 Å². The Morgan fingerprint density at radius 3 is 2.48 bits per heavy atom. The van der Waals surface area contributed by atoms with Crippen LogP contribution in [-0.4, -0.2) is 72.3 Å². The standard InChI is InChI=1S/C22H31N3O4/c26-21(23-28)20-14-18(24-10-12-29-13-11-24)6-7-19(20)22(27)25-9-8-17(15-25)16-4-2-1-3-5-16/h1-5,17-20,28H,6-15H2,(H,23,26)/t17-,18?,19-,20-/m0/s1. The number of nitrogens with zero attached hydrogens (tertiary/aromatic N) is 2. The summed E-state index contributed by atoms with van der Waals surface area (Å²) in [4.78, 5) is 30.0. The van der Waals surface area contributed by atoms with Crippen LogP contribution in [0.3, 0.4) is 0 Å². The van der Waals surface area contributed by atoms with Crippen molar-refractivity contribution < 1.29 is 19.5 Å². The highest BCUT2D eigenvalue weighted by molar-refractivity contribution is 5.87. The van der Waals surface area contributed by atoms with Crippen molar-refractivity contribution in [3.8, 4) is 0 Å². The largest absolute Gasteiger partial charge is 0.379 e. The van der Waals surface area contributed by atoms with Gasteiger partial charge in [0.15, 0.2) is 0 Å². The lowest BCUT2D eigenvalue weighted by atomic mass is 9.75. The SMILES string of the molecule is O=C(NO)[C@H]1CC(N2CCOCC2)CC[C@@H]1C(=O)N1CC[C@H](c2ccccc2)C1. The molecule has 0 spiro atoms. The molecule has 4 atom stereocenters. The summed E-state index contributed by atoms with van der Waals surface area (Å²) in [6.07, 6.45) is 3.15. The molecule has 2 N–H and O–H groups in total. The van der Waals surface area contributed by atoms with Gasteiger partial charge in [0, 0.05) is 44.1 Å². The van der Waals surface area contributed by atoms with Gasteiger partial charge < -0.3 is 9.64 Å². The zero-order valence-corrected chi connectivity index (χ0v) is 16.8. The van der Waals surface area contributed by atoms with Gasteiger partial charge in [-0.3, -0.25) is 19.7 Å². The van der Waals surface area contributed by atoms with Gasteiger partial charge in [0.1, 0.15) is 0 Å². The molecule has 0 radical (unpaired) electrons. The Bertz CT molecular complexity index is 707. The second-order valence-corrected chi connectivity index (χ2v) is 8.48. The van der Waals surface area contributed by atoms with Gasteiger partial charge in [-0.05, 0) is 31.2 Å². The quantitative estimate of drug-likeness (QED) is 0.592. The average Bonchev–Trinajstić information content (AvgIpc) is 3.29. The molecule has 2 amide bonds. The third-order valence-electron chi connectivity index (χ3n) is 6.92. The Hall–Kier alpha value is -1.96. The zero-order chi connectivity index (χ0) is 20.2. The van der Waals surface area contributed by atoms with Crippen molar-refractivity contribution in [3.05, 3.63) is 35.9 Å². The maximum atomic E-state index is 13.3. The Morgan fingerprint density at radius 1 is 1.00 bits per heavy atom. The number of hydroxylamine groups is 1. The molecule has 2 aliphatic heterocycles. The number of amides is 2. The summed E-state index contributed by atoms with van der Waals surface area (Å²) >= 11 is 0. The number of morpholine rings is 1. The zero-order valence-electron chi connectivity index (χ0n) is 16.8. The number of hydrogen-bond acceptors (Lipinski definition) is 5. The number of hydrogen-bond donors (Lipinski definition) is 2. The molecule has 4 rings (SSSR count). The fraction of sp³-hybridized carbons (Fsp3) is 0.636. The highest BCUT2D eigenvalue weighted by Gasteiger charge is 2.43. The van der Waals surface area contributed by atoms with Gasteiger partial charge in [0.2, 0.25) is 11.8 Å². The highest BCUT2D eigenvalue weighted by atomic mass is 16.5. The molecule has 1 saturated carbocycles. The molecular weight excluding hydrogens is 370 g/mol. The summed E-state index contributed by atoms with van der Waals surface area (Å²) in [5, 5.41) is 9.28. The minimum atomic E-state index is -0.482. The van der Waals surface area contributed by atoms with E-state index in [2.05, 4.69) is 17.0 Å². The van der Waals surface area contributed by atoms with Crippen LogP contribution in [0.15, 0.2) is 30.3 Å². The van der Waals surface area contributed by atoms with E-state index >= 15 is 0 Å². The van der Waals surface area contributed by atoms with Crippen molar-refractivity contribution in [3.63, 3.8) is 0 Å². The first-order valence-corrected chi connectivity index (χ1v) is 10.8. The molecule has 3 aliphatic rings. The predicted octanol–water partition coefficient (Wildman–Crippen LogP) is 1.62. The molecule has 3 fully saturated rings. The topological polar surface area (TPSA) is 82.1 Å². The summed E-state index contributed by atoms with van der Waals surface area (Å²) in [7, 11) is 0. The molecular formula is C22H31N3O4. The van der Waals surface area contributed by atoms with Crippen molar-refractivity contribution in [2.75, 3.05) is 39.4 Å². The van der Waals surface area contributed by atoms with E-state index in [1.165, 1.54) is 5.56 Å². The van der Waals surface area contributed by atoms with Gasteiger partial charge in [0.05, 0.1) is 19.1 Å². The summed E-state index contributed by atoms with van der Waals surface area (Å²) in [5.74, 6) is -0.841. The van der Waals surface area contributed by atoms with E-state index < -0.39 is 11.8 Å². The molecule has 0 bridgehead atoms. The number of carbonyl (C=O) groups is 2. The molecule has 1 unspecified atom stereocenters. The third kappa shape index (κ3) is 4.47. The van der Waals surface area contributed by atoms with Crippen LogP contribution in [0.1, 0.15) is 37.2 Å². The van der Waals surface area contributed by atoms with E-state index in [-0.39, 0.29) is 17.9 Å². The Kier molecular flexibility index (Phi) is 6.47. The lowest BCUT2D eigenvalue weighted by molar-refractivity contribution is -0.148. The van der Waals surface area contributed by atoms with Crippen LogP contribution in [0, 0.1) is 11.8 Å². The number of carbonyl (C=O) groups excluding carboxylic acids is 2. The Morgan fingerprint density at radius 2 is 1.76 bits per heavy atom. The van der Waals surface area contributed by atoms with E-state index in [0.717, 1.165) is 32.5 Å². The Balaban J connectivity index is 1.42. The van der Waals surface area contributed by atoms with E-state index in [9.17, 15) is 14.8 Å². The van der Waals surface area contributed by atoms with Crippen molar-refractivity contribution in [2.45, 2.75) is 37.6 Å². The molecule has 1 aliphatic carbocycles. The monoisotopic (exact) mass is 401 g/mol. The summed E-state index contributed by atoms with van der Waals surface area (Å²) in [5.41, 5.74) is 3.08. The Labute approximate surface area is 172 Å². The van der Waals surface area contributed by atoms with E-state index in [1.54, 1.807) is 0 Å². The van der Waals surface area contributed by atoms with Crippen LogP contribution in [0.25, 0.3) is 0 Å². The van der Waals surface area contributed by atoms with Crippen molar-refractivity contribution >= 4 is 11.8 Å². The van der Waals surface area contributed by atoms with Crippen molar-refractivity contribution in [1.82, 2.24) is 15.3 Å². The van der Waals surface area contributed by atoms with Crippen molar-refractivity contribution in [2.24, 2.45) is 11.8 Å². The van der Waals surface area contributed by atoms with E-state index in [4.69, 9.17) is 4.74 Å². The summed E-state index contributed by atoms with van der Waals surface area (Å²) in [6, 6.07) is 10.6. The fourth-order valence-electron chi connectivity index (χ4n) is 5.28. The van der Waals surface area contributed by atoms with Crippen LogP contribution < -0.4 is 5.48 Å². The number of likely N-dealkylation sites (tertiary alicyclic amines) is 1. The number of nitrogens with one attached hydrogen (secondary N) is 1. The summed E-state index contributed by atoms with van der Waals surface area (Å²) in [6.45, 7) is 4.59. The normalized spacial score (nSPS) is 30.9. The second kappa shape index (κ2) is 9.24. The average molecular weight is 402 g/mol. The molecule has 0 aromatic heterocycles. The van der Waals surface area contributed by atoms with Gasteiger partial charge in [-0.1, -0.05) is 30.3 Å². The van der Waals surface area contributed by atoms with Crippen LogP contribution in [0.2, 0.25) is 0 Å². The minimum absolute atomic E-state index is 0.0671. The minimum Gasteiger partial charge on any atom is -0.379 e. The molecule has 2 saturated heterocycles. The van der Waals surface area contributed by atoms with Gasteiger partial charge in [-0.25, -0.2) is 5.48 Å². The molecule has 1 aromatic carbocycles. The number of ether oxygens (including phenoxy) is 1. The molecule has 158 valence electrons.